The monoisotopic (exact) mass is 266 g/mol. The van der Waals surface area contributed by atoms with Crippen LogP contribution in [0, 0.1) is 11.7 Å². The van der Waals surface area contributed by atoms with E-state index in [0.717, 1.165) is 18.4 Å². The lowest BCUT2D eigenvalue weighted by Gasteiger charge is -2.26. The van der Waals surface area contributed by atoms with Crippen LogP contribution < -0.4 is 0 Å². The Hall–Kier alpha value is -1.42. The first kappa shape index (κ1) is 14.0. The van der Waals surface area contributed by atoms with Crippen molar-refractivity contribution < 1.29 is 19.4 Å². The quantitative estimate of drug-likeness (QED) is 0.861. The molecule has 3 nitrogen and oxygen atoms in total. The molecule has 0 aliphatic heterocycles. The zero-order chi connectivity index (χ0) is 13.9. The Morgan fingerprint density at radius 2 is 1.84 bits per heavy atom. The summed E-state index contributed by atoms with van der Waals surface area (Å²) >= 11 is 0. The van der Waals surface area contributed by atoms with Crippen molar-refractivity contribution in [3.63, 3.8) is 0 Å². The van der Waals surface area contributed by atoms with E-state index in [1.54, 1.807) is 12.1 Å². The first-order valence-electron chi connectivity index (χ1n) is 6.68. The van der Waals surface area contributed by atoms with Crippen LogP contribution in [0.3, 0.4) is 0 Å². The van der Waals surface area contributed by atoms with Gasteiger partial charge in [0.05, 0.1) is 11.5 Å². The van der Waals surface area contributed by atoms with Crippen molar-refractivity contribution in [2.45, 2.75) is 44.1 Å². The van der Waals surface area contributed by atoms with Gasteiger partial charge in [-0.15, -0.1) is 0 Å². The third-order valence-electron chi connectivity index (χ3n) is 3.91. The molecule has 1 aromatic rings. The molecule has 1 aliphatic carbocycles. The lowest BCUT2D eigenvalue weighted by atomic mass is 9.85. The van der Waals surface area contributed by atoms with Crippen molar-refractivity contribution in [2.24, 2.45) is 5.92 Å². The van der Waals surface area contributed by atoms with E-state index in [2.05, 4.69) is 0 Å². The van der Waals surface area contributed by atoms with Gasteiger partial charge in [0, 0.05) is 0 Å². The van der Waals surface area contributed by atoms with Gasteiger partial charge < -0.3 is 10.2 Å². The molecular weight excluding hydrogens is 247 g/mol. The van der Waals surface area contributed by atoms with Crippen LogP contribution in [0.1, 0.15) is 37.7 Å². The molecule has 1 aliphatic rings. The fourth-order valence-electron chi connectivity index (χ4n) is 2.85. The molecule has 4 heteroatoms. The number of hydrogen-bond acceptors (Lipinski definition) is 2. The highest BCUT2D eigenvalue weighted by Crippen LogP contribution is 2.35. The number of benzene rings is 1. The maximum absolute atomic E-state index is 12.8. The Labute approximate surface area is 112 Å². The molecule has 0 spiro atoms. The van der Waals surface area contributed by atoms with Crippen LogP contribution in [-0.4, -0.2) is 21.8 Å². The van der Waals surface area contributed by atoms with Crippen LogP contribution in [0.2, 0.25) is 0 Å². The average molecular weight is 266 g/mol. The SMILES string of the molecule is O=C(O)C(Cc1ccc(F)cc1)CC1(O)CCCC1. The normalized spacial score (nSPS) is 19.3. The lowest BCUT2D eigenvalue weighted by Crippen LogP contribution is -2.32. The van der Waals surface area contributed by atoms with Gasteiger partial charge in [-0.1, -0.05) is 25.0 Å². The molecule has 0 amide bonds. The molecule has 0 saturated heterocycles. The van der Waals surface area contributed by atoms with Crippen molar-refractivity contribution in [3.8, 4) is 0 Å². The number of carboxylic acid groups (broad SMARTS) is 1. The van der Waals surface area contributed by atoms with Gasteiger partial charge in [-0.2, -0.15) is 0 Å². The molecule has 104 valence electrons. The summed E-state index contributed by atoms with van der Waals surface area (Å²) in [5, 5.41) is 19.6. The van der Waals surface area contributed by atoms with Crippen molar-refractivity contribution in [1.82, 2.24) is 0 Å². The molecule has 2 rings (SSSR count). The second-order valence-corrected chi connectivity index (χ2v) is 5.50. The minimum Gasteiger partial charge on any atom is -0.481 e. The lowest BCUT2D eigenvalue weighted by molar-refractivity contribution is -0.144. The highest BCUT2D eigenvalue weighted by molar-refractivity contribution is 5.70. The first-order chi connectivity index (χ1) is 8.98. The summed E-state index contributed by atoms with van der Waals surface area (Å²) in [6.45, 7) is 0. The van der Waals surface area contributed by atoms with Crippen LogP contribution in [0.15, 0.2) is 24.3 Å². The number of aliphatic hydroxyl groups is 1. The summed E-state index contributed by atoms with van der Waals surface area (Å²) in [5.74, 6) is -1.84. The van der Waals surface area contributed by atoms with Gasteiger partial charge in [-0.3, -0.25) is 4.79 Å². The van der Waals surface area contributed by atoms with E-state index in [9.17, 15) is 19.4 Å². The zero-order valence-corrected chi connectivity index (χ0v) is 10.8. The molecule has 1 fully saturated rings. The number of aliphatic carboxylic acids is 1. The second-order valence-electron chi connectivity index (χ2n) is 5.50. The van der Waals surface area contributed by atoms with Gasteiger partial charge in [0.2, 0.25) is 0 Å². The van der Waals surface area contributed by atoms with E-state index >= 15 is 0 Å². The van der Waals surface area contributed by atoms with Gasteiger partial charge in [-0.25, -0.2) is 4.39 Å². The third kappa shape index (κ3) is 3.77. The molecule has 2 N–H and O–H groups in total. The summed E-state index contributed by atoms with van der Waals surface area (Å²) in [7, 11) is 0. The molecule has 1 atom stereocenters. The first-order valence-corrected chi connectivity index (χ1v) is 6.68. The van der Waals surface area contributed by atoms with E-state index in [4.69, 9.17) is 0 Å². The summed E-state index contributed by atoms with van der Waals surface area (Å²) in [6.07, 6.45) is 3.89. The predicted molar refractivity (Wildman–Crippen MR) is 69.3 cm³/mol. The van der Waals surface area contributed by atoms with Crippen LogP contribution in [0.4, 0.5) is 4.39 Å². The smallest absolute Gasteiger partial charge is 0.306 e. The van der Waals surface area contributed by atoms with Gasteiger partial charge >= 0.3 is 5.97 Å². The fourth-order valence-corrected chi connectivity index (χ4v) is 2.85. The van der Waals surface area contributed by atoms with E-state index in [1.807, 2.05) is 0 Å². The molecule has 0 heterocycles. The van der Waals surface area contributed by atoms with E-state index in [0.29, 0.717) is 19.3 Å². The highest BCUT2D eigenvalue weighted by atomic mass is 19.1. The largest absolute Gasteiger partial charge is 0.481 e. The predicted octanol–water partition coefficient (Wildman–Crippen LogP) is 2.76. The summed E-state index contributed by atoms with van der Waals surface area (Å²) < 4.78 is 12.8. The Morgan fingerprint density at radius 1 is 1.26 bits per heavy atom. The molecular formula is C15H19FO3. The van der Waals surface area contributed by atoms with Crippen LogP contribution in [0.5, 0.6) is 0 Å². The van der Waals surface area contributed by atoms with Crippen molar-refractivity contribution in [3.05, 3.63) is 35.6 Å². The number of rotatable bonds is 5. The molecule has 1 aromatic carbocycles. The van der Waals surface area contributed by atoms with Crippen LogP contribution in [0.25, 0.3) is 0 Å². The summed E-state index contributed by atoms with van der Waals surface area (Å²) in [4.78, 5) is 11.3. The molecule has 0 radical (unpaired) electrons. The standard InChI is InChI=1S/C15H19FO3/c16-13-5-3-11(4-6-13)9-12(14(17)18)10-15(19)7-1-2-8-15/h3-6,12,19H,1-2,7-10H2,(H,17,18). The fraction of sp³-hybridized carbons (Fsp3) is 0.533. The van der Waals surface area contributed by atoms with Crippen LogP contribution in [-0.2, 0) is 11.2 Å². The van der Waals surface area contributed by atoms with Gasteiger partial charge in [0.1, 0.15) is 5.82 Å². The van der Waals surface area contributed by atoms with E-state index in [-0.39, 0.29) is 12.2 Å². The Kier molecular flexibility index (Phi) is 4.20. The minimum atomic E-state index is -0.898. The topological polar surface area (TPSA) is 57.5 Å². The molecule has 0 bridgehead atoms. The number of halogens is 1. The molecule has 0 aromatic heterocycles. The minimum absolute atomic E-state index is 0.277. The maximum Gasteiger partial charge on any atom is 0.306 e. The molecule has 1 unspecified atom stereocenters. The van der Waals surface area contributed by atoms with Gasteiger partial charge in [0.25, 0.3) is 0 Å². The van der Waals surface area contributed by atoms with Crippen molar-refractivity contribution in [1.29, 1.82) is 0 Å². The third-order valence-corrected chi connectivity index (χ3v) is 3.91. The van der Waals surface area contributed by atoms with Crippen molar-refractivity contribution in [2.75, 3.05) is 0 Å². The Morgan fingerprint density at radius 3 is 2.37 bits per heavy atom. The molecule has 19 heavy (non-hydrogen) atoms. The maximum atomic E-state index is 12.8. The number of carboxylic acids is 1. The zero-order valence-electron chi connectivity index (χ0n) is 10.8. The second kappa shape index (κ2) is 5.70. The number of hydrogen-bond donors (Lipinski definition) is 2. The van der Waals surface area contributed by atoms with E-state index in [1.165, 1.54) is 12.1 Å². The van der Waals surface area contributed by atoms with Crippen molar-refractivity contribution >= 4 is 5.97 Å². The Bertz CT molecular complexity index is 435. The average Bonchev–Trinajstić information content (AvgIpc) is 2.78. The van der Waals surface area contributed by atoms with Gasteiger partial charge in [-0.05, 0) is 43.4 Å². The van der Waals surface area contributed by atoms with Crippen LogP contribution >= 0.6 is 0 Å². The van der Waals surface area contributed by atoms with Gasteiger partial charge in [0.15, 0.2) is 0 Å². The summed E-state index contributed by atoms with van der Waals surface area (Å²) in [6, 6.07) is 5.87. The Balaban J connectivity index is 2.04. The van der Waals surface area contributed by atoms with E-state index < -0.39 is 17.5 Å². The number of carbonyl (C=O) groups is 1. The summed E-state index contributed by atoms with van der Waals surface area (Å²) in [5.41, 5.74) is -0.0429. The highest BCUT2D eigenvalue weighted by Gasteiger charge is 2.36. The molecule has 1 saturated carbocycles.